The highest BCUT2D eigenvalue weighted by Gasteiger charge is 2.15. The van der Waals surface area contributed by atoms with Gasteiger partial charge in [-0.25, -0.2) is 0 Å². The summed E-state index contributed by atoms with van der Waals surface area (Å²) in [4.78, 5) is 0. The summed E-state index contributed by atoms with van der Waals surface area (Å²) >= 11 is 0. The summed E-state index contributed by atoms with van der Waals surface area (Å²) in [6, 6.07) is 0. The second-order valence-corrected chi connectivity index (χ2v) is 4.03. The van der Waals surface area contributed by atoms with Gasteiger partial charge in [0.2, 0.25) is 0 Å². The van der Waals surface area contributed by atoms with E-state index in [4.69, 9.17) is 0 Å². The molecule has 12 heavy (non-hydrogen) atoms. The van der Waals surface area contributed by atoms with Gasteiger partial charge in [0.1, 0.15) is 0 Å². The van der Waals surface area contributed by atoms with Crippen LogP contribution in [0.4, 0.5) is 0 Å². The molecule has 1 atom stereocenters. The Labute approximate surface area is 76.1 Å². The fourth-order valence-electron chi connectivity index (χ4n) is 1.35. The Balaban J connectivity index is 1.82. The van der Waals surface area contributed by atoms with E-state index in [1.165, 1.54) is 39.0 Å². The Bertz CT molecular complexity index is 104. The van der Waals surface area contributed by atoms with Crippen LogP contribution < -0.4 is 10.6 Å². The van der Waals surface area contributed by atoms with Crippen LogP contribution in [0.2, 0.25) is 0 Å². The van der Waals surface area contributed by atoms with E-state index in [2.05, 4.69) is 24.5 Å². The SMILES string of the molecule is CCC(C)CNCCC1CNC1. The molecule has 1 fully saturated rings. The van der Waals surface area contributed by atoms with Crippen LogP contribution in [0.15, 0.2) is 0 Å². The van der Waals surface area contributed by atoms with Gasteiger partial charge < -0.3 is 10.6 Å². The van der Waals surface area contributed by atoms with Crippen LogP contribution in [-0.4, -0.2) is 26.2 Å². The molecule has 1 saturated heterocycles. The van der Waals surface area contributed by atoms with Crippen molar-refractivity contribution in [3.63, 3.8) is 0 Å². The first-order valence-corrected chi connectivity index (χ1v) is 5.24. The predicted octanol–water partition coefficient (Wildman–Crippen LogP) is 1.23. The molecule has 1 aliphatic heterocycles. The molecule has 0 aromatic carbocycles. The van der Waals surface area contributed by atoms with Gasteiger partial charge in [0.05, 0.1) is 0 Å². The van der Waals surface area contributed by atoms with Gasteiger partial charge in [-0.15, -0.1) is 0 Å². The van der Waals surface area contributed by atoms with Gasteiger partial charge >= 0.3 is 0 Å². The number of hydrogen-bond acceptors (Lipinski definition) is 2. The minimum Gasteiger partial charge on any atom is -0.316 e. The lowest BCUT2D eigenvalue weighted by Gasteiger charge is -2.27. The van der Waals surface area contributed by atoms with Crippen LogP contribution in [0.3, 0.4) is 0 Å². The highest BCUT2D eigenvalue weighted by Crippen LogP contribution is 2.06. The summed E-state index contributed by atoms with van der Waals surface area (Å²) < 4.78 is 0. The first kappa shape index (κ1) is 10.0. The van der Waals surface area contributed by atoms with E-state index < -0.39 is 0 Å². The maximum absolute atomic E-state index is 3.51. The Morgan fingerprint density at radius 3 is 2.75 bits per heavy atom. The Kier molecular flexibility index (Phi) is 4.62. The van der Waals surface area contributed by atoms with E-state index in [9.17, 15) is 0 Å². The van der Waals surface area contributed by atoms with Crippen molar-refractivity contribution in [2.75, 3.05) is 26.2 Å². The maximum atomic E-state index is 3.51. The first-order valence-electron chi connectivity index (χ1n) is 5.24. The minimum absolute atomic E-state index is 0.838. The van der Waals surface area contributed by atoms with Gasteiger partial charge in [0.15, 0.2) is 0 Å². The zero-order valence-corrected chi connectivity index (χ0v) is 8.40. The summed E-state index contributed by atoms with van der Waals surface area (Å²) in [7, 11) is 0. The standard InChI is InChI=1S/C10H22N2/c1-3-9(2)6-11-5-4-10-7-12-8-10/h9-12H,3-8H2,1-2H3. The third-order valence-electron chi connectivity index (χ3n) is 2.79. The van der Waals surface area contributed by atoms with Crippen LogP contribution in [-0.2, 0) is 0 Å². The third kappa shape index (κ3) is 3.55. The molecule has 1 aliphatic rings. The fourth-order valence-corrected chi connectivity index (χ4v) is 1.35. The molecule has 0 saturated carbocycles. The van der Waals surface area contributed by atoms with E-state index in [0.717, 1.165) is 11.8 Å². The molecule has 0 amide bonds. The largest absolute Gasteiger partial charge is 0.316 e. The lowest BCUT2D eigenvalue weighted by molar-refractivity contribution is 0.319. The molecule has 0 aromatic heterocycles. The lowest BCUT2D eigenvalue weighted by atomic mass is 9.99. The molecule has 0 radical (unpaired) electrons. The van der Waals surface area contributed by atoms with E-state index in [1.54, 1.807) is 0 Å². The minimum atomic E-state index is 0.838. The Morgan fingerprint density at radius 2 is 2.25 bits per heavy atom. The van der Waals surface area contributed by atoms with E-state index in [1.807, 2.05) is 0 Å². The molecule has 1 heterocycles. The van der Waals surface area contributed by atoms with Crippen molar-refractivity contribution in [2.45, 2.75) is 26.7 Å². The van der Waals surface area contributed by atoms with Crippen LogP contribution in [0, 0.1) is 11.8 Å². The normalized spacial score (nSPS) is 20.5. The number of rotatable bonds is 6. The summed E-state index contributed by atoms with van der Waals surface area (Å²) in [6.45, 7) is 9.43. The Morgan fingerprint density at radius 1 is 1.50 bits per heavy atom. The quantitative estimate of drug-likeness (QED) is 0.586. The zero-order valence-electron chi connectivity index (χ0n) is 8.40. The van der Waals surface area contributed by atoms with Gasteiger partial charge in [-0.2, -0.15) is 0 Å². The average Bonchev–Trinajstić information content (AvgIpc) is 2.00. The van der Waals surface area contributed by atoms with Crippen molar-refractivity contribution in [3.8, 4) is 0 Å². The first-order chi connectivity index (χ1) is 5.83. The lowest BCUT2D eigenvalue weighted by Crippen LogP contribution is -2.43. The Hall–Kier alpha value is -0.0800. The van der Waals surface area contributed by atoms with Crippen LogP contribution in [0.25, 0.3) is 0 Å². The molecule has 2 N–H and O–H groups in total. The topological polar surface area (TPSA) is 24.1 Å². The van der Waals surface area contributed by atoms with E-state index in [-0.39, 0.29) is 0 Å². The van der Waals surface area contributed by atoms with Gasteiger partial charge in [0, 0.05) is 0 Å². The second-order valence-electron chi connectivity index (χ2n) is 4.03. The molecule has 0 bridgehead atoms. The molecule has 0 spiro atoms. The van der Waals surface area contributed by atoms with Gasteiger partial charge in [-0.3, -0.25) is 0 Å². The fraction of sp³-hybridized carbons (Fsp3) is 1.00. The number of nitrogens with one attached hydrogen (secondary N) is 2. The average molecular weight is 170 g/mol. The third-order valence-corrected chi connectivity index (χ3v) is 2.79. The second kappa shape index (κ2) is 5.55. The zero-order chi connectivity index (χ0) is 8.81. The van der Waals surface area contributed by atoms with Gasteiger partial charge in [0.25, 0.3) is 0 Å². The molecule has 1 rings (SSSR count). The molecule has 1 unspecified atom stereocenters. The van der Waals surface area contributed by atoms with Crippen LogP contribution in [0.1, 0.15) is 26.7 Å². The molecular weight excluding hydrogens is 148 g/mol. The molecule has 2 heteroatoms. The summed E-state index contributed by atoms with van der Waals surface area (Å²) in [5, 5.41) is 6.80. The maximum Gasteiger partial charge on any atom is -0.000778 e. The summed E-state index contributed by atoms with van der Waals surface area (Å²) in [5.41, 5.74) is 0. The molecular formula is C10H22N2. The van der Waals surface area contributed by atoms with E-state index in [0.29, 0.717) is 0 Å². The molecule has 0 aromatic rings. The molecule has 0 aliphatic carbocycles. The number of hydrogen-bond donors (Lipinski definition) is 2. The van der Waals surface area contributed by atoms with Crippen molar-refractivity contribution in [1.82, 2.24) is 10.6 Å². The smallest absolute Gasteiger partial charge is 0.000778 e. The van der Waals surface area contributed by atoms with Gasteiger partial charge in [-0.1, -0.05) is 20.3 Å². The summed E-state index contributed by atoms with van der Waals surface area (Å²) in [5.74, 6) is 1.79. The van der Waals surface area contributed by atoms with Crippen molar-refractivity contribution in [2.24, 2.45) is 11.8 Å². The van der Waals surface area contributed by atoms with Crippen LogP contribution in [0.5, 0.6) is 0 Å². The summed E-state index contributed by atoms with van der Waals surface area (Å²) in [6.07, 6.45) is 2.64. The van der Waals surface area contributed by atoms with Crippen LogP contribution >= 0.6 is 0 Å². The van der Waals surface area contributed by atoms with Crippen molar-refractivity contribution in [3.05, 3.63) is 0 Å². The highest BCUT2D eigenvalue weighted by molar-refractivity contribution is 4.75. The van der Waals surface area contributed by atoms with Gasteiger partial charge in [-0.05, 0) is 44.4 Å². The molecule has 2 nitrogen and oxygen atoms in total. The van der Waals surface area contributed by atoms with Crippen molar-refractivity contribution < 1.29 is 0 Å². The van der Waals surface area contributed by atoms with Crippen molar-refractivity contribution in [1.29, 1.82) is 0 Å². The molecule has 72 valence electrons. The monoisotopic (exact) mass is 170 g/mol. The van der Waals surface area contributed by atoms with Crippen molar-refractivity contribution >= 4 is 0 Å². The van der Waals surface area contributed by atoms with E-state index >= 15 is 0 Å². The predicted molar refractivity (Wildman–Crippen MR) is 53.3 cm³/mol. The highest BCUT2D eigenvalue weighted by atomic mass is 15.0.